The maximum atomic E-state index is 11.9. The summed E-state index contributed by atoms with van der Waals surface area (Å²) in [4.78, 5) is 23.8. The Kier molecular flexibility index (Phi) is 8.61. The first-order valence-corrected chi connectivity index (χ1v) is 8.26. The van der Waals surface area contributed by atoms with Gasteiger partial charge in [0, 0.05) is 0 Å². The van der Waals surface area contributed by atoms with Gasteiger partial charge in [-0.05, 0) is 50.0 Å². The molecule has 0 aliphatic rings. The lowest BCUT2D eigenvalue weighted by molar-refractivity contribution is -0.146. The molecule has 1 rings (SSSR count). The van der Waals surface area contributed by atoms with E-state index in [1.54, 1.807) is 38.1 Å². The van der Waals surface area contributed by atoms with Crippen LogP contribution in [0, 0.1) is 5.92 Å². The summed E-state index contributed by atoms with van der Waals surface area (Å²) in [5.74, 6) is -0.0352. The van der Waals surface area contributed by atoms with Crippen molar-refractivity contribution in [3.8, 4) is 5.75 Å². The maximum Gasteiger partial charge on any atom is 0.345 e. The molecule has 0 heterocycles. The van der Waals surface area contributed by atoms with Crippen LogP contribution in [-0.4, -0.2) is 31.8 Å². The zero-order valence-electron chi connectivity index (χ0n) is 14.8. The van der Waals surface area contributed by atoms with Crippen molar-refractivity contribution < 1.29 is 23.8 Å². The number of benzene rings is 1. The van der Waals surface area contributed by atoms with E-state index in [9.17, 15) is 9.59 Å². The van der Waals surface area contributed by atoms with Gasteiger partial charge in [-0.2, -0.15) is 0 Å². The summed E-state index contributed by atoms with van der Waals surface area (Å²) in [5, 5.41) is 0. The third-order valence-corrected chi connectivity index (χ3v) is 3.15. The molecule has 0 fully saturated rings. The number of ether oxygens (including phenoxy) is 3. The molecule has 1 aromatic carbocycles. The third-order valence-electron chi connectivity index (χ3n) is 3.15. The molecule has 0 atom stereocenters. The Labute approximate surface area is 143 Å². The number of hydrogen-bond acceptors (Lipinski definition) is 5. The van der Waals surface area contributed by atoms with E-state index in [2.05, 4.69) is 13.8 Å². The Morgan fingerprint density at radius 2 is 1.54 bits per heavy atom. The van der Waals surface area contributed by atoms with Crippen molar-refractivity contribution in [3.05, 3.63) is 35.4 Å². The largest absolute Gasteiger partial charge is 0.494 e. The molecule has 132 valence electrons. The molecule has 0 aromatic heterocycles. The van der Waals surface area contributed by atoms with Crippen LogP contribution in [0.1, 0.15) is 39.7 Å². The molecular formula is C19H26O5. The smallest absolute Gasteiger partial charge is 0.345 e. The Balaban J connectivity index is 2.85. The van der Waals surface area contributed by atoms with Crippen LogP contribution < -0.4 is 4.74 Å². The van der Waals surface area contributed by atoms with E-state index < -0.39 is 11.9 Å². The quantitative estimate of drug-likeness (QED) is 0.299. The SMILES string of the molecule is CCOC(=O)C(=Cc1ccc(OCCC(C)C)cc1)C(=O)OCC. The average molecular weight is 334 g/mol. The third kappa shape index (κ3) is 6.86. The molecular weight excluding hydrogens is 308 g/mol. The second kappa shape index (κ2) is 10.5. The lowest BCUT2D eigenvalue weighted by Gasteiger charge is -2.09. The zero-order valence-corrected chi connectivity index (χ0v) is 14.8. The van der Waals surface area contributed by atoms with Crippen molar-refractivity contribution in [2.45, 2.75) is 34.1 Å². The minimum atomic E-state index is -0.687. The van der Waals surface area contributed by atoms with Gasteiger partial charge in [0.15, 0.2) is 0 Å². The number of hydrogen-bond donors (Lipinski definition) is 0. The summed E-state index contributed by atoms with van der Waals surface area (Å²) >= 11 is 0. The molecule has 0 aliphatic carbocycles. The minimum Gasteiger partial charge on any atom is -0.494 e. The summed E-state index contributed by atoms with van der Waals surface area (Å²) in [6.45, 7) is 8.70. The van der Waals surface area contributed by atoms with E-state index in [0.29, 0.717) is 18.1 Å². The normalized spacial score (nSPS) is 10.2. The molecule has 0 amide bonds. The fourth-order valence-corrected chi connectivity index (χ4v) is 1.86. The van der Waals surface area contributed by atoms with Crippen LogP contribution >= 0.6 is 0 Å². The van der Waals surface area contributed by atoms with Crippen LogP contribution in [0.2, 0.25) is 0 Å². The first-order valence-electron chi connectivity index (χ1n) is 8.26. The Hall–Kier alpha value is -2.30. The van der Waals surface area contributed by atoms with Gasteiger partial charge in [-0.25, -0.2) is 9.59 Å². The summed E-state index contributed by atoms with van der Waals surface area (Å²) in [7, 11) is 0. The second-order valence-electron chi connectivity index (χ2n) is 5.60. The number of carbonyl (C=O) groups excluding carboxylic acids is 2. The van der Waals surface area contributed by atoms with Gasteiger partial charge in [0.1, 0.15) is 11.3 Å². The highest BCUT2D eigenvalue weighted by molar-refractivity contribution is 6.17. The van der Waals surface area contributed by atoms with E-state index in [-0.39, 0.29) is 18.8 Å². The number of rotatable bonds is 9. The van der Waals surface area contributed by atoms with Gasteiger partial charge in [-0.1, -0.05) is 26.0 Å². The standard InChI is InChI=1S/C19H26O5/c1-5-22-18(20)17(19(21)23-6-2)13-15-7-9-16(10-8-15)24-12-11-14(3)4/h7-10,13-14H,5-6,11-12H2,1-4H3. The van der Waals surface area contributed by atoms with Crippen LogP contribution in [0.4, 0.5) is 0 Å². The second-order valence-corrected chi connectivity index (χ2v) is 5.60. The first-order chi connectivity index (χ1) is 11.5. The van der Waals surface area contributed by atoms with Gasteiger partial charge in [0.2, 0.25) is 0 Å². The molecule has 0 unspecified atom stereocenters. The van der Waals surface area contributed by atoms with Crippen LogP contribution in [-0.2, 0) is 19.1 Å². The molecule has 5 heteroatoms. The van der Waals surface area contributed by atoms with Crippen LogP contribution in [0.15, 0.2) is 29.8 Å². The molecule has 24 heavy (non-hydrogen) atoms. The molecule has 0 aliphatic heterocycles. The lowest BCUT2D eigenvalue weighted by Crippen LogP contribution is -2.18. The Bertz CT molecular complexity index is 538. The monoisotopic (exact) mass is 334 g/mol. The van der Waals surface area contributed by atoms with Crippen molar-refractivity contribution in [3.63, 3.8) is 0 Å². The number of carbonyl (C=O) groups is 2. The van der Waals surface area contributed by atoms with Crippen molar-refractivity contribution in [2.75, 3.05) is 19.8 Å². The van der Waals surface area contributed by atoms with Gasteiger partial charge in [-0.15, -0.1) is 0 Å². The fourth-order valence-electron chi connectivity index (χ4n) is 1.86. The zero-order chi connectivity index (χ0) is 17.9. The molecule has 0 bridgehead atoms. The highest BCUT2D eigenvalue weighted by atomic mass is 16.6. The predicted octanol–water partition coefficient (Wildman–Crippen LogP) is 3.62. The fraction of sp³-hybridized carbons (Fsp3) is 0.474. The van der Waals surface area contributed by atoms with Crippen molar-refractivity contribution >= 4 is 18.0 Å². The Morgan fingerprint density at radius 1 is 1.00 bits per heavy atom. The topological polar surface area (TPSA) is 61.8 Å². The molecule has 0 N–H and O–H groups in total. The molecule has 5 nitrogen and oxygen atoms in total. The summed E-state index contributed by atoms with van der Waals surface area (Å²) < 4.78 is 15.5. The minimum absolute atomic E-state index is 0.118. The Morgan fingerprint density at radius 3 is 2.00 bits per heavy atom. The van der Waals surface area contributed by atoms with Gasteiger partial charge in [0.05, 0.1) is 19.8 Å². The van der Waals surface area contributed by atoms with Crippen molar-refractivity contribution in [1.82, 2.24) is 0 Å². The summed E-state index contributed by atoms with van der Waals surface area (Å²) in [6, 6.07) is 7.17. The molecule has 0 saturated heterocycles. The van der Waals surface area contributed by atoms with E-state index in [1.807, 2.05) is 0 Å². The first kappa shape index (κ1) is 19.7. The molecule has 0 spiro atoms. The van der Waals surface area contributed by atoms with Gasteiger partial charge in [-0.3, -0.25) is 0 Å². The molecule has 1 aromatic rings. The summed E-state index contributed by atoms with van der Waals surface area (Å²) in [5.41, 5.74) is 0.578. The van der Waals surface area contributed by atoms with Crippen molar-refractivity contribution in [1.29, 1.82) is 0 Å². The average Bonchev–Trinajstić information content (AvgIpc) is 2.54. The highest BCUT2D eigenvalue weighted by Crippen LogP contribution is 2.16. The predicted molar refractivity (Wildman–Crippen MR) is 92.6 cm³/mol. The highest BCUT2D eigenvalue weighted by Gasteiger charge is 2.20. The summed E-state index contributed by atoms with van der Waals surface area (Å²) in [6.07, 6.45) is 2.45. The van der Waals surface area contributed by atoms with Crippen LogP contribution in [0.5, 0.6) is 5.75 Å². The van der Waals surface area contributed by atoms with E-state index in [4.69, 9.17) is 14.2 Å². The van der Waals surface area contributed by atoms with E-state index >= 15 is 0 Å². The van der Waals surface area contributed by atoms with E-state index in [0.717, 1.165) is 12.2 Å². The van der Waals surface area contributed by atoms with Crippen LogP contribution in [0.25, 0.3) is 6.08 Å². The van der Waals surface area contributed by atoms with E-state index in [1.165, 1.54) is 6.08 Å². The van der Waals surface area contributed by atoms with Gasteiger partial charge in [0.25, 0.3) is 0 Å². The van der Waals surface area contributed by atoms with Crippen LogP contribution in [0.3, 0.4) is 0 Å². The lowest BCUT2D eigenvalue weighted by atomic mass is 10.1. The molecule has 0 radical (unpaired) electrons. The maximum absolute atomic E-state index is 11.9. The van der Waals surface area contributed by atoms with Gasteiger partial charge < -0.3 is 14.2 Å². The number of esters is 2. The van der Waals surface area contributed by atoms with Crippen molar-refractivity contribution in [2.24, 2.45) is 5.92 Å². The molecule has 0 saturated carbocycles. The van der Waals surface area contributed by atoms with Gasteiger partial charge >= 0.3 is 11.9 Å².